The molecule has 1 saturated heterocycles. The van der Waals surface area contributed by atoms with Gasteiger partial charge in [0.25, 0.3) is 11.8 Å². The molecule has 2 aliphatic rings. The maximum atomic E-state index is 14.3. The number of piperidine rings is 1. The number of carbonyl (C=O) groups is 3. The lowest BCUT2D eigenvalue weighted by Crippen LogP contribution is -2.38. The van der Waals surface area contributed by atoms with Crippen molar-refractivity contribution < 1.29 is 23.2 Å². The van der Waals surface area contributed by atoms with E-state index in [0.717, 1.165) is 18.4 Å². The van der Waals surface area contributed by atoms with Gasteiger partial charge in [0.2, 0.25) is 5.91 Å². The predicted octanol–water partition coefficient (Wildman–Crippen LogP) is 5.89. The fourth-order valence-corrected chi connectivity index (χ4v) is 4.73. The molecule has 1 saturated carbocycles. The van der Waals surface area contributed by atoms with Crippen LogP contribution in [0.2, 0.25) is 0 Å². The van der Waals surface area contributed by atoms with E-state index in [0.29, 0.717) is 42.9 Å². The van der Waals surface area contributed by atoms with Crippen molar-refractivity contribution in [1.82, 2.24) is 4.90 Å². The van der Waals surface area contributed by atoms with E-state index in [9.17, 15) is 23.2 Å². The molecule has 0 radical (unpaired) electrons. The van der Waals surface area contributed by atoms with Crippen molar-refractivity contribution in [3.8, 4) is 0 Å². The monoisotopic (exact) mass is 517 g/mol. The molecule has 0 unspecified atom stereocenters. The molecule has 0 aromatic heterocycles. The van der Waals surface area contributed by atoms with Gasteiger partial charge in [-0.2, -0.15) is 0 Å². The number of amides is 3. The topological polar surface area (TPSA) is 78.5 Å². The highest BCUT2D eigenvalue weighted by molar-refractivity contribution is 6.04. The number of benzene rings is 3. The molecule has 2 N–H and O–H groups in total. The first-order valence-corrected chi connectivity index (χ1v) is 12.9. The van der Waals surface area contributed by atoms with Gasteiger partial charge < -0.3 is 15.5 Å². The molecule has 1 heterocycles. The normalized spacial score (nSPS) is 15.7. The van der Waals surface area contributed by atoms with E-state index >= 15 is 0 Å². The number of rotatable bonds is 6. The Morgan fingerprint density at radius 1 is 0.763 bits per heavy atom. The smallest absolute Gasteiger partial charge is 0.256 e. The van der Waals surface area contributed by atoms with Crippen molar-refractivity contribution in [2.45, 2.75) is 38.5 Å². The molecule has 3 aromatic rings. The standard InChI is InChI=1S/C30H29F2N3O3/c1-18-2-13-25(27(32)26(18)31)30(38)35-16-14-20(15-17-35)19-5-9-23(10-6-19)33-29(37)22-7-11-24(12-8-22)34-28(36)21-3-4-21/h2,5-13,20-21H,3-4,14-17H2,1H3,(H,33,37)(H,34,36). The highest BCUT2D eigenvalue weighted by Crippen LogP contribution is 2.31. The Morgan fingerprint density at radius 2 is 1.37 bits per heavy atom. The van der Waals surface area contributed by atoms with Crippen LogP contribution in [0.1, 0.15) is 63.4 Å². The number of nitrogens with one attached hydrogen (secondary N) is 2. The zero-order valence-electron chi connectivity index (χ0n) is 21.1. The molecule has 1 aliphatic heterocycles. The summed E-state index contributed by atoms with van der Waals surface area (Å²) in [6.07, 6.45) is 3.27. The molecule has 2 fully saturated rings. The molecule has 3 amide bonds. The number of aryl methyl sites for hydroxylation is 1. The Bertz CT molecular complexity index is 1360. The summed E-state index contributed by atoms with van der Waals surface area (Å²) in [5, 5.41) is 5.74. The number of hydrogen-bond donors (Lipinski definition) is 2. The minimum absolute atomic E-state index is 0.0233. The van der Waals surface area contributed by atoms with Gasteiger partial charge in [-0.25, -0.2) is 8.78 Å². The minimum atomic E-state index is -1.09. The average molecular weight is 518 g/mol. The Balaban J connectivity index is 1.14. The van der Waals surface area contributed by atoms with Gasteiger partial charge in [-0.05, 0) is 92.1 Å². The fraction of sp³-hybridized carbons (Fsp3) is 0.300. The second kappa shape index (κ2) is 10.7. The van der Waals surface area contributed by atoms with E-state index in [1.165, 1.54) is 19.1 Å². The second-order valence-corrected chi connectivity index (χ2v) is 10.0. The number of anilines is 2. The molecule has 8 heteroatoms. The third-order valence-electron chi connectivity index (χ3n) is 7.29. The van der Waals surface area contributed by atoms with Crippen molar-refractivity contribution in [2.24, 2.45) is 5.92 Å². The van der Waals surface area contributed by atoms with Crippen molar-refractivity contribution >= 4 is 29.1 Å². The Hall–Kier alpha value is -4.07. The lowest BCUT2D eigenvalue weighted by Gasteiger charge is -2.32. The molecule has 0 spiro atoms. The third-order valence-corrected chi connectivity index (χ3v) is 7.29. The van der Waals surface area contributed by atoms with E-state index in [1.54, 1.807) is 29.2 Å². The molecule has 6 nitrogen and oxygen atoms in total. The van der Waals surface area contributed by atoms with Crippen LogP contribution in [0.25, 0.3) is 0 Å². The first-order chi connectivity index (χ1) is 18.3. The van der Waals surface area contributed by atoms with Crippen molar-refractivity contribution in [1.29, 1.82) is 0 Å². The molecule has 1 aliphatic carbocycles. The quantitative estimate of drug-likeness (QED) is 0.428. The van der Waals surface area contributed by atoms with Gasteiger partial charge >= 0.3 is 0 Å². The summed E-state index contributed by atoms with van der Waals surface area (Å²) >= 11 is 0. The van der Waals surface area contributed by atoms with Gasteiger partial charge in [-0.1, -0.05) is 18.2 Å². The van der Waals surface area contributed by atoms with Gasteiger partial charge in [0.1, 0.15) is 0 Å². The first-order valence-electron chi connectivity index (χ1n) is 12.9. The fourth-order valence-electron chi connectivity index (χ4n) is 4.73. The van der Waals surface area contributed by atoms with Crippen LogP contribution in [0.15, 0.2) is 60.7 Å². The average Bonchev–Trinajstić information content (AvgIpc) is 3.78. The van der Waals surface area contributed by atoms with Crippen LogP contribution < -0.4 is 10.6 Å². The minimum Gasteiger partial charge on any atom is -0.339 e. The maximum absolute atomic E-state index is 14.3. The van der Waals surface area contributed by atoms with Gasteiger partial charge in [0.15, 0.2) is 11.6 Å². The van der Waals surface area contributed by atoms with Gasteiger partial charge in [-0.15, -0.1) is 0 Å². The highest BCUT2D eigenvalue weighted by Gasteiger charge is 2.30. The van der Waals surface area contributed by atoms with Gasteiger partial charge in [-0.3, -0.25) is 14.4 Å². The maximum Gasteiger partial charge on any atom is 0.256 e. The zero-order chi connectivity index (χ0) is 26.8. The number of nitrogens with zero attached hydrogens (tertiary/aromatic N) is 1. The second-order valence-electron chi connectivity index (χ2n) is 10.0. The van der Waals surface area contributed by atoms with Gasteiger partial charge in [0.05, 0.1) is 5.56 Å². The summed E-state index contributed by atoms with van der Waals surface area (Å²) in [5.41, 5.74) is 2.86. The summed E-state index contributed by atoms with van der Waals surface area (Å²) in [7, 11) is 0. The molecular formula is C30H29F2N3O3. The van der Waals surface area contributed by atoms with Crippen LogP contribution in [0.5, 0.6) is 0 Å². The Morgan fingerprint density at radius 3 is 2.00 bits per heavy atom. The summed E-state index contributed by atoms with van der Waals surface area (Å²) < 4.78 is 28.2. The summed E-state index contributed by atoms with van der Waals surface area (Å²) in [6.45, 7) is 2.37. The van der Waals surface area contributed by atoms with E-state index in [1.807, 2.05) is 24.3 Å². The Kier molecular flexibility index (Phi) is 7.22. The number of hydrogen-bond acceptors (Lipinski definition) is 3. The summed E-state index contributed by atoms with van der Waals surface area (Å²) in [6, 6.07) is 17.2. The van der Waals surface area contributed by atoms with E-state index < -0.39 is 17.5 Å². The predicted molar refractivity (Wildman–Crippen MR) is 141 cm³/mol. The van der Waals surface area contributed by atoms with E-state index in [2.05, 4.69) is 10.6 Å². The molecule has 196 valence electrons. The van der Waals surface area contributed by atoms with Crippen molar-refractivity contribution in [3.63, 3.8) is 0 Å². The lowest BCUT2D eigenvalue weighted by atomic mass is 9.89. The summed E-state index contributed by atoms with van der Waals surface area (Å²) in [5.74, 6) is -2.44. The number of likely N-dealkylation sites (tertiary alicyclic amines) is 1. The third kappa shape index (κ3) is 5.59. The van der Waals surface area contributed by atoms with Crippen LogP contribution >= 0.6 is 0 Å². The Labute approximate surface area is 220 Å². The van der Waals surface area contributed by atoms with Crippen LogP contribution in [0.4, 0.5) is 20.2 Å². The highest BCUT2D eigenvalue weighted by atomic mass is 19.2. The van der Waals surface area contributed by atoms with E-state index in [-0.39, 0.29) is 34.8 Å². The van der Waals surface area contributed by atoms with Crippen LogP contribution in [-0.2, 0) is 4.79 Å². The van der Waals surface area contributed by atoms with Crippen molar-refractivity contribution in [3.05, 3.63) is 94.6 Å². The lowest BCUT2D eigenvalue weighted by molar-refractivity contribution is -0.117. The van der Waals surface area contributed by atoms with Crippen molar-refractivity contribution in [2.75, 3.05) is 23.7 Å². The summed E-state index contributed by atoms with van der Waals surface area (Å²) in [4.78, 5) is 38.8. The first kappa shape index (κ1) is 25.6. The van der Waals surface area contributed by atoms with Crippen LogP contribution in [-0.4, -0.2) is 35.7 Å². The number of halogens is 2. The molecular weight excluding hydrogens is 488 g/mol. The van der Waals surface area contributed by atoms with Crippen LogP contribution in [0, 0.1) is 24.5 Å². The largest absolute Gasteiger partial charge is 0.339 e. The molecule has 3 aromatic carbocycles. The molecule has 5 rings (SSSR count). The zero-order valence-corrected chi connectivity index (χ0v) is 21.1. The molecule has 38 heavy (non-hydrogen) atoms. The van der Waals surface area contributed by atoms with Crippen LogP contribution in [0.3, 0.4) is 0 Å². The van der Waals surface area contributed by atoms with Gasteiger partial charge in [0, 0.05) is 35.9 Å². The molecule has 0 atom stereocenters. The SMILES string of the molecule is Cc1ccc(C(=O)N2CCC(c3ccc(NC(=O)c4ccc(NC(=O)C5CC5)cc4)cc3)CC2)c(F)c1F. The van der Waals surface area contributed by atoms with E-state index in [4.69, 9.17) is 0 Å². The number of carbonyl (C=O) groups excluding carboxylic acids is 3. The molecule has 0 bridgehead atoms.